The highest BCUT2D eigenvalue weighted by Crippen LogP contribution is 2.23. The van der Waals surface area contributed by atoms with Crippen LogP contribution in [0.1, 0.15) is 30.5 Å². The fourth-order valence-corrected chi connectivity index (χ4v) is 1.70. The molecule has 20 heavy (non-hydrogen) atoms. The molecule has 0 spiro atoms. The highest BCUT2D eigenvalue weighted by Gasteiger charge is 2.15. The lowest BCUT2D eigenvalue weighted by atomic mass is 10.1. The molecule has 1 rings (SSSR count). The minimum Gasteiger partial charge on any atom is -0.396 e. The molecule has 0 aliphatic rings. The van der Waals surface area contributed by atoms with Gasteiger partial charge in [0.2, 0.25) is 0 Å². The van der Waals surface area contributed by atoms with Crippen LogP contribution in [-0.4, -0.2) is 29.2 Å². The number of nitrogens with one attached hydrogen (secondary N) is 2. The number of benzene rings is 1. The Kier molecular flexibility index (Phi) is 5.92. The van der Waals surface area contributed by atoms with E-state index in [4.69, 9.17) is 5.11 Å². The molecule has 3 N–H and O–H groups in total. The minimum absolute atomic E-state index is 0.0139. The van der Waals surface area contributed by atoms with Gasteiger partial charge in [0.25, 0.3) is 5.69 Å². The molecule has 1 unspecified atom stereocenters. The Bertz CT molecular complexity index is 491. The fraction of sp³-hybridized carbons (Fsp3) is 0.462. The molecule has 0 fully saturated rings. The summed E-state index contributed by atoms with van der Waals surface area (Å²) in [7, 11) is 0. The Labute approximate surface area is 117 Å². The van der Waals surface area contributed by atoms with Gasteiger partial charge < -0.3 is 15.7 Å². The van der Waals surface area contributed by atoms with Crippen molar-refractivity contribution in [3.05, 3.63) is 39.4 Å². The molecule has 2 amide bonds. The highest BCUT2D eigenvalue weighted by atomic mass is 16.6. The van der Waals surface area contributed by atoms with Gasteiger partial charge in [-0.25, -0.2) is 4.79 Å². The lowest BCUT2D eigenvalue weighted by Crippen LogP contribution is -2.37. The van der Waals surface area contributed by atoms with Gasteiger partial charge in [0, 0.05) is 24.8 Å². The first-order valence-corrected chi connectivity index (χ1v) is 6.36. The molecule has 1 aromatic carbocycles. The van der Waals surface area contributed by atoms with Crippen LogP contribution in [0.2, 0.25) is 0 Å². The lowest BCUT2D eigenvalue weighted by molar-refractivity contribution is -0.385. The molecule has 0 heterocycles. The van der Waals surface area contributed by atoms with Gasteiger partial charge in [0.15, 0.2) is 0 Å². The Morgan fingerprint density at radius 3 is 2.80 bits per heavy atom. The van der Waals surface area contributed by atoms with Crippen molar-refractivity contribution in [1.29, 1.82) is 0 Å². The van der Waals surface area contributed by atoms with E-state index >= 15 is 0 Å². The van der Waals surface area contributed by atoms with Crippen molar-refractivity contribution >= 4 is 11.7 Å². The predicted octanol–water partition coefficient (Wildman–Crippen LogP) is 1.65. The standard InChI is InChI=1S/C13H19N3O4/c1-9-4-5-11(8-12(9)16(19)20)10(2)15-13(18)14-6-3-7-17/h4-5,8,10,17H,3,6-7H2,1-2H3,(H2,14,15,18). The smallest absolute Gasteiger partial charge is 0.315 e. The molecule has 0 aromatic heterocycles. The zero-order valence-corrected chi connectivity index (χ0v) is 11.5. The number of aliphatic hydroxyl groups excluding tert-OH is 1. The number of nitrogens with zero attached hydrogens (tertiary/aromatic N) is 1. The molecule has 0 bridgehead atoms. The second-order valence-corrected chi connectivity index (χ2v) is 4.50. The van der Waals surface area contributed by atoms with E-state index in [0.29, 0.717) is 24.1 Å². The van der Waals surface area contributed by atoms with E-state index in [9.17, 15) is 14.9 Å². The summed E-state index contributed by atoms with van der Waals surface area (Å²) >= 11 is 0. The third-order valence-electron chi connectivity index (χ3n) is 2.90. The van der Waals surface area contributed by atoms with Crippen LogP contribution in [0.5, 0.6) is 0 Å². The maximum atomic E-state index is 11.5. The first kappa shape index (κ1) is 15.9. The predicted molar refractivity (Wildman–Crippen MR) is 74.5 cm³/mol. The van der Waals surface area contributed by atoms with Crippen molar-refractivity contribution in [3.63, 3.8) is 0 Å². The largest absolute Gasteiger partial charge is 0.396 e. The molecule has 7 heteroatoms. The zero-order valence-electron chi connectivity index (χ0n) is 11.5. The first-order valence-electron chi connectivity index (χ1n) is 6.36. The topological polar surface area (TPSA) is 104 Å². The van der Waals surface area contributed by atoms with E-state index in [0.717, 1.165) is 0 Å². The number of aliphatic hydroxyl groups is 1. The number of carbonyl (C=O) groups is 1. The summed E-state index contributed by atoms with van der Waals surface area (Å²) in [5.41, 5.74) is 1.29. The number of hydrogen-bond acceptors (Lipinski definition) is 4. The van der Waals surface area contributed by atoms with Crippen LogP contribution < -0.4 is 10.6 Å². The summed E-state index contributed by atoms with van der Waals surface area (Å²) in [6.07, 6.45) is 0.484. The number of carbonyl (C=O) groups excluding carboxylic acids is 1. The number of amides is 2. The average molecular weight is 281 g/mol. The van der Waals surface area contributed by atoms with Gasteiger partial charge in [-0.15, -0.1) is 0 Å². The maximum absolute atomic E-state index is 11.5. The molecule has 0 radical (unpaired) electrons. The van der Waals surface area contributed by atoms with Gasteiger partial charge in [-0.3, -0.25) is 10.1 Å². The SMILES string of the molecule is Cc1ccc(C(C)NC(=O)NCCCO)cc1[N+](=O)[O-]. The molecule has 1 atom stereocenters. The summed E-state index contributed by atoms with van der Waals surface area (Å²) in [5.74, 6) is 0. The molecule has 0 aliphatic heterocycles. The maximum Gasteiger partial charge on any atom is 0.315 e. The van der Waals surface area contributed by atoms with Crippen LogP contribution in [0, 0.1) is 17.0 Å². The van der Waals surface area contributed by atoms with E-state index in [1.54, 1.807) is 26.0 Å². The van der Waals surface area contributed by atoms with Crippen molar-refractivity contribution in [2.75, 3.05) is 13.2 Å². The summed E-state index contributed by atoms with van der Waals surface area (Å²) in [6.45, 7) is 3.81. The van der Waals surface area contributed by atoms with Gasteiger partial charge in [0.1, 0.15) is 0 Å². The Balaban J connectivity index is 2.68. The average Bonchev–Trinajstić information content (AvgIpc) is 2.39. The molecule has 0 saturated heterocycles. The van der Waals surface area contributed by atoms with Crippen LogP contribution >= 0.6 is 0 Å². The summed E-state index contributed by atoms with van der Waals surface area (Å²) in [5, 5.41) is 24.8. The molecule has 0 saturated carbocycles. The number of rotatable bonds is 6. The third kappa shape index (κ3) is 4.51. The van der Waals surface area contributed by atoms with Crippen molar-refractivity contribution < 1.29 is 14.8 Å². The number of urea groups is 1. The van der Waals surface area contributed by atoms with E-state index in [1.165, 1.54) is 6.07 Å². The van der Waals surface area contributed by atoms with Crippen LogP contribution in [-0.2, 0) is 0 Å². The molecular weight excluding hydrogens is 262 g/mol. The molecule has 7 nitrogen and oxygen atoms in total. The minimum atomic E-state index is -0.438. The van der Waals surface area contributed by atoms with Crippen LogP contribution in [0.3, 0.4) is 0 Å². The van der Waals surface area contributed by atoms with Crippen molar-refractivity contribution in [2.24, 2.45) is 0 Å². The molecular formula is C13H19N3O4. The Morgan fingerprint density at radius 2 is 2.20 bits per heavy atom. The third-order valence-corrected chi connectivity index (χ3v) is 2.90. The van der Waals surface area contributed by atoms with Gasteiger partial charge in [-0.2, -0.15) is 0 Å². The number of aryl methyl sites for hydroxylation is 1. The van der Waals surface area contributed by atoms with Crippen LogP contribution in [0.15, 0.2) is 18.2 Å². The lowest BCUT2D eigenvalue weighted by Gasteiger charge is -2.15. The van der Waals surface area contributed by atoms with Crippen molar-refractivity contribution in [2.45, 2.75) is 26.3 Å². The Hall–Kier alpha value is -2.15. The number of hydrogen-bond donors (Lipinski definition) is 3. The fourth-order valence-electron chi connectivity index (χ4n) is 1.70. The monoisotopic (exact) mass is 281 g/mol. The highest BCUT2D eigenvalue weighted by molar-refractivity contribution is 5.74. The second-order valence-electron chi connectivity index (χ2n) is 4.50. The van der Waals surface area contributed by atoms with E-state index < -0.39 is 4.92 Å². The number of nitro benzene ring substituents is 1. The Morgan fingerprint density at radius 1 is 1.50 bits per heavy atom. The summed E-state index contributed by atoms with van der Waals surface area (Å²) < 4.78 is 0. The second kappa shape index (κ2) is 7.44. The molecule has 0 aliphatic carbocycles. The quantitative estimate of drug-likeness (QED) is 0.419. The van der Waals surface area contributed by atoms with Crippen LogP contribution in [0.4, 0.5) is 10.5 Å². The van der Waals surface area contributed by atoms with Crippen LogP contribution in [0.25, 0.3) is 0 Å². The summed E-state index contributed by atoms with van der Waals surface area (Å²) in [4.78, 5) is 22.0. The van der Waals surface area contributed by atoms with Gasteiger partial charge in [-0.05, 0) is 25.8 Å². The van der Waals surface area contributed by atoms with E-state index in [1.807, 2.05) is 0 Å². The van der Waals surface area contributed by atoms with E-state index in [-0.39, 0.29) is 24.4 Å². The van der Waals surface area contributed by atoms with Crippen molar-refractivity contribution in [1.82, 2.24) is 10.6 Å². The summed E-state index contributed by atoms with van der Waals surface area (Å²) in [6, 6.07) is 4.17. The zero-order chi connectivity index (χ0) is 15.1. The van der Waals surface area contributed by atoms with Gasteiger partial charge in [-0.1, -0.05) is 12.1 Å². The normalized spacial score (nSPS) is 11.8. The number of nitro groups is 1. The molecule has 110 valence electrons. The van der Waals surface area contributed by atoms with Gasteiger partial charge in [0.05, 0.1) is 11.0 Å². The first-order chi connectivity index (χ1) is 9.45. The van der Waals surface area contributed by atoms with E-state index in [2.05, 4.69) is 10.6 Å². The van der Waals surface area contributed by atoms with Crippen molar-refractivity contribution in [3.8, 4) is 0 Å². The molecule has 1 aromatic rings. The van der Waals surface area contributed by atoms with Gasteiger partial charge >= 0.3 is 6.03 Å².